The van der Waals surface area contributed by atoms with E-state index in [2.05, 4.69) is 5.10 Å². The summed E-state index contributed by atoms with van der Waals surface area (Å²) in [7, 11) is 1.64. The van der Waals surface area contributed by atoms with E-state index in [1.54, 1.807) is 11.7 Å². The number of hydrogen-bond acceptors (Lipinski definition) is 5. The third-order valence-electron chi connectivity index (χ3n) is 5.07. The number of nitrogens with zero attached hydrogens (tertiary/aromatic N) is 3. The summed E-state index contributed by atoms with van der Waals surface area (Å²) in [6, 6.07) is 11.7. The van der Waals surface area contributed by atoms with E-state index in [9.17, 15) is 9.59 Å². The van der Waals surface area contributed by atoms with Crippen LogP contribution in [0.2, 0.25) is 0 Å². The molecule has 0 fully saturated rings. The van der Waals surface area contributed by atoms with Gasteiger partial charge in [-0.15, -0.1) is 0 Å². The quantitative estimate of drug-likeness (QED) is 0.635. The Morgan fingerprint density at radius 3 is 2.79 bits per heavy atom. The highest BCUT2D eigenvalue weighted by atomic mass is 16.5. The summed E-state index contributed by atoms with van der Waals surface area (Å²) in [6.07, 6.45) is 3.87. The smallest absolute Gasteiger partial charge is 0.346 e. The lowest BCUT2D eigenvalue weighted by atomic mass is 10.1. The third kappa shape index (κ3) is 3.78. The first-order valence-corrected chi connectivity index (χ1v) is 9.53. The first-order chi connectivity index (χ1) is 13.6. The van der Waals surface area contributed by atoms with Crippen LogP contribution in [0.3, 0.4) is 0 Å². The highest BCUT2D eigenvalue weighted by Gasteiger charge is 2.17. The summed E-state index contributed by atoms with van der Waals surface area (Å²) < 4.78 is 13.5. The van der Waals surface area contributed by atoms with Gasteiger partial charge in [0, 0.05) is 13.0 Å². The molecule has 2 heterocycles. The average molecular weight is 381 g/mol. The zero-order chi connectivity index (χ0) is 19.5. The SMILES string of the molecule is COc1ccc2cc(COC(=O)Cn3nc4n(c3=O)CCCCC4)ccc2c1. The molecular weight excluding hydrogens is 358 g/mol. The maximum atomic E-state index is 12.4. The Bertz CT molecular complexity index is 1070. The van der Waals surface area contributed by atoms with Gasteiger partial charge in [-0.05, 0) is 47.4 Å². The number of aryl methyl sites for hydroxylation is 1. The second kappa shape index (κ2) is 7.88. The van der Waals surface area contributed by atoms with Crippen molar-refractivity contribution in [1.82, 2.24) is 14.3 Å². The van der Waals surface area contributed by atoms with E-state index >= 15 is 0 Å². The molecule has 0 N–H and O–H groups in total. The molecule has 0 saturated carbocycles. The largest absolute Gasteiger partial charge is 0.497 e. The Morgan fingerprint density at radius 2 is 1.93 bits per heavy atom. The number of methoxy groups -OCH3 is 1. The maximum absolute atomic E-state index is 12.4. The van der Waals surface area contributed by atoms with Crippen LogP contribution >= 0.6 is 0 Å². The van der Waals surface area contributed by atoms with Gasteiger partial charge in [-0.25, -0.2) is 9.48 Å². The lowest BCUT2D eigenvalue weighted by Crippen LogP contribution is -2.28. The molecular formula is C21H23N3O4. The van der Waals surface area contributed by atoms with Crippen molar-refractivity contribution >= 4 is 16.7 Å². The van der Waals surface area contributed by atoms with Crippen LogP contribution in [-0.4, -0.2) is 27.4 Å². The monoisotopic (exact) mass is 381 g/mol. The van der Waals surface area contributed by atoms with E-state index < -0.39 is 5.97 Å². The van der Waals surface area contributed by atoms with Crippen molar-refractivity contribution in [2.75, 3.05) is 7.11 Å². The molecule has 0 atom stereocenters. The molecule has 0 saturated heterocycles. The summed E-state index contributed by atoms with van der Waals surface area (Å²) in [5.74, 6) is 1.10. The number of ether oxygens (including phenoxy) is 2. The average Bonchev–Trinajstić information content (AvgIpc) is 2.87. The first kappa shape index (κ1) is 18.3. The second-order valence-corrected chi connectivity index (χ2v) is 7.03. The minimum absolute atomic E-state index is 0.156. The molecule has 0 aliphatic carbocycles. The van der Waals surface area contributed by atoms with Crippen molar-refractivity contribution in [2.45, 2.75) is 45.4 Å². The number of esters is 1. The van der Waals surface area contributed by atoms with Crippen LogP contribution in [0, 0.1) is 0 Å². The van der Waals surface area contributed by atoms with E-state index in [1.165, 1.54) is 4.68 Å². The number of aromatic nitrogens is 3. The molecule has 2 aromatic carbocycles. The van der Waals surface area contributed by atoms with Crippen molar-refractivity contribution in [3.8, 4) is 5.75 Å². The predicted molar refractivity (Wildman–Crippen MR) is 104 cm³/mol. The van der Waals surface area contributed by atoms with E-state index in [-0.39, 0.29) is 18.8 Å². The van der Waals surface area contributed by atoms with E-state index in [0.29, 0.717) is 6.54 Å². The fourth-order valence-electron chi connectivity index (χ4n) is 3.55. The van der Waals surface area contributed by atoms with E-state index in [0.717, 1.165) is 53.6 Å². The van der Waals surface area contributed by atoms with Gasteiger partial charge in [0.15, 0.2) is 0 Å². The minimum atomic E-state index is -0.467. The minimum Gasteiger partial charge on any atom is -0.497 e. The lowest BCUT2D eigenvalue weighted by molar-refractivity contribution is -0.146. The molecule has 0 amide bonds. The van der Waals surface area contributed by atoms with Gasteiger partial charge in [0.1, 0.15) is 24.7 Å². The number of rotatable bonds is 5. The zero-order valence-corrected chi connectivity index (χ0v) is 15.9. The van der Waals surface area contributed by atoms with Crippen LogP contribution < -0.4 is 10.4 Å². The van der Waals surface area contributed by atoms with Crippen LogP contribution in [0.4, 0.5) is 0 Å². The van der Waals surface area contributed by atoms with Crippen molar-refractivity contribution < 1.29 is 14.3 Å². The van der Waals surface area contributed by atoms with Crippen LogP contribution in [0.1, 0.15) is 30.7 Å². The number of hydrogen-bond donors (Lipinski definition) is 0. The van der Waals surface area contributed by atoms with Gasteiger partial charge < -0.3 is 9.47 Å². The van der Waals surface area contributed by atoms with Crippen LogP contribution in [0.25, 0.3) is 10.8 Å². The Hall–Kier alpha value is -3.09. The normalized spacial score (nSPS) is 13.8. The van der Waals surface area contributed by atoms with Gasteiger partial charge in [0.05, 0.1) is 7.11 Å². The van der Waals surface area contributed by atoms with Crippen molar-refractivity contribution in [1.29, 1.82) is 0 Å². The summed E-state index contributed by atoms with van der Waals surface area (Å²) in [6.45, 7) is 0.665. The topological polar surface area (TPSA) is 75.3 Å². The number of fused-ring (bicyclic) bond motifs is 2. The van der Waals surface area contributed by atoms with E-state index in [1.807, 2.05) is 36.4 Å². The number of carbonyl (C=O) groups excluding carboxylic acids is 1. The molecule has 7 heteroatoms. The maximum Gasteiger partial charge on any atom is 0.346 e. The highest BCUT2D eigenvalue weighted by molar-refractivity contribution is 5.84. The van der Waals surface area contributed by atoms with Crippen molar-refractivity contribution in [3.05, 3.63) is 58.3 Å². The van der Waals surface area contributed by atoms with Crippen LogP contribution in [-0.2, 0) is 35.6 Å². The highest BCUT2D eigenvalue weighted by Crippen LogP contribution is 2.22. The Kier molecular flexibility index (Phi) is 5.14. The number of carbonyl (C=O) groups is 1. The summed E-state index contributed by atoms with van der Waals surface area (Å²) in [4.78, 5) is 24.6. The summed E-state index contributed by atoms with van der Waals surface area (Å²) >= 11 is 0. The molecule has 3 aromatic rings. The Balaban J connectivity index is 1.41. The molecule has 7 nitrogen and oxygen atoms in total. The van der Waals surface area contributed by atoms with Gasteiger partial charge in [-0.2, -0.15) is 5.10 Å². The van der Waals surface area contributed by atoms with Gasteiger partial charge in [-0.3, -0.25) is 9.36 Å². The zero-order valence-electron chi connectivity index (χ0n) is 15.9. The van der Waals surface area contributed by atoms with Gasteiger partial charge >= 0.3 is 11.7 Å². The van der Waals surface area contributed by atoms with Crippen molar-refractivity contribution in [3.63, 3.8) is 0 Å². The van der Waals surface area contributed by atoms with Gasteiger partial charge in [0.2, 0.25) is 0 Å². The van der Waals surface area contributed by atoms with E-state index in [4.69, 9.17) is 9.47 Å². The fourth-order valence-corrected chi connectivity index (χ4v) is 3.55. The molecule has 4 rings (SSSR count). The molecule has 28 heavy (non-hydrogen) atoms. The molecule has 1 aromatic heterocycles. The molecule has 0 bridgehead atoms. The summed E-state index contributed by atoms with van der Waals surface area (Å²) in [5.41, 5.74) is 0.660. The molecule has 146 valence electrons. The van der Waals surface area contributed by atoms with Gasteiger partial charge in [0.25, 0.3) is 0 Å². The fraction of sp³-hybridized carbons (Fsp3) is 0.381. The van der Waals surface area contributed by atoms with Crippen LogP contribution in [0.5, 0.6) is 5.75 Å². The molecule has 1 aliphatic rings. The lowest BCUT2D eigenvalue weighted by Gasteiger charge is -2.07. The summed E-state index contributed by atoms with van der Waals surface area (Å²) in [5, 5.41) is 6.42. The van der Waals surface area contributed by atoms with Crippen LogP contribution in [0.15, 0.2) is 41.2 Å². The standard InChI is InChI=1S/C21H23N3O4/c1-27-18-9-8-16-11-15(6-7-17(16)12-18)14-28-20(25)13-24-21(26)23-10-4-2-3-5-19(23)22-24/h6-9,11-12H,2-5,10,13-14H2,1H3. The number of benzene rings is 2. The van der Waals surface area contributed by atoms with Gasteiger partial charge in [-0.1, -0.05) is 24.6 Å². The second-order valence-electron chi connectivity index (χ2n) is 7.03. The van der Waals surface area contributed by atoms with Crippen molar-refractivity contribution in [2.24, 2.45) is 0 Å². The predicted octanol–water partition coefficient (Wildman–Crippen LogP) is 2.68. The third-order valence-corrected chi connectivity index (χ3v) is 5.07. The molecule has 0 spiro atoms. The first-order valence-electron chi connectivity index (χ1n) is 9.53. The molecule has 0 radical (unpaired) electrons. The molecule has 0 unspecified atom stereocenters. The molecule has 1 aliphatic heterocycles. The Morgan fingerprint density at radius 1 is 1.11 bits per heavy atom. The Labute approximate surface area is 162 Å².